The lowest BCUT2D eigenvalue weighted by molar-refractivity contribution is -0.122. The SMILES string of the molecule is O=C(Cn1cnc2c(nc3n2CCCCC3)c1=O)NCC1CCCO1. The number of ether oxygens (including phenoxy) is 1. The largest absolute Gasteiger partial charge is 0.376 e. The van der Waals surface area contributed by atoms with Crippen molar-refractivity contribution in [2.75, 3.05) is 13.2 Å². The summed E-state index contributed by atoms with van der Waals surface area (Å²) in [6.07, 6.45) is 7.75. The van der Waals surface area contributed by atoms with Crippen LogP contribution < -0.4 is 10.9 Å². The minimum absolute atomic E-state index is 0.0450. The molecule has 2 aliphatic heterocycles. The Labute approximate surface area is 145 Å². The molecule has 134 valence electrons. The maximum atomic E-state index is 12.7. The predicted molar refractivity (Wildman–Crippen MR) is 91.3 cm³/mol. The van der Waals surface area contributed by atoms with E-state index in [1.54, 1.807) is 0 Å². The Bertz CT molecular complexity index is 835. The second-order valence-corrected chi connectivity index (χ2v) is 6.78. The predicted octanol–water partition coefficient (Wildman–Crippen LogP) is 0.615. The summed E-state index contributed by atoms with van der Waals surface area (Å²) in [5.41, 5.74) is 0.752. The van der Waals surface area contributed by atoms with E-state index in [9.17, 15) is 9.59 Å². The van der Waals surface area contributed by atoms with Crippen LogP contribution in [-0.4, -0.2) is 44.3 Å². The average molecular weight is 345 g/mol. The highest BCUT2D eigenvalue weighted by Crippen LogP contribution is 2.18. The molecule has 8 nitrogen and oxygen atoms in total. The second-order valence-electron chi connectivity index (χ2n) is 6.78. The number of hydrogen-bond acceptors (Lipinski definition) is 5. The van der Waals surface area contributed by atoms with E-state index in [1.807, 2.05) is 4.57 Å². The van der Waals surface area contributed by atoms with Gasteiger partial charge in [-0.1, -0.05) is 6.42 Å². The van der Waals surface area contributed by atoms with Crippen LogP contribution in [0.2, 0.25) is 0 Å². The van der Waals surface area contributed by atoms with Gasteiger partial charge in [0.05, 0.1) is 6.10 Å². The number of nitrogens with zero attached hydrogens (tertiary/aromatic N) is 4. The van der Waals surface area contributed by atoms with Crippen LogP contribution >= 0.6 is 0 Å². The van der Waals surface area contributed by atoms with Gasteiger partial charge in [-0.2, -0.15) is 0 Å². The Hall–Kier alpha value is -2.22. The lowest BCUT2D eigenvalue weighted by Crippen LogP contribution is -2.36. The van der Waals surface area contributed by atoms with E-state index < -0.39 is 0 Å². The van der Waals surface area contributed by atoms with Crippen molar-refractivity contribution in [3.8, 4) is 0 Å². The molecular formula is C17H23N5O3. The van der Waals surface area contributed by atoms with Gasteiger partial charge in [0.2, 0.25) is 5.91 Å². The Kier molecular flexibility index (Phi) is 4.52. The first-order valence-electron chi connectivity index (χ1n) is 9.05. The highest BCUT2D eigenvalue weighted by molar-refractivity contribution is 5.76. The van der Waals surface area contributed by atoms with Crippen LogP contribution in [0.4, 0.5) is 0 Å². The van der Waals surface area contributed by atoms with E-state index in [0.29, 0.717) is 17.7 Å². The fourth-order valence-corrected chi connectivity index (χ4v) is 3.59. The van der Waals surface area contributed by atoms with Gasteiger partial charge < -0.3 is 14.6 Å². The first kappa shape index (κ1) is 16.3. The van der Waals surface area contributed by atoms with Crippen LogP contribution in [0.3, 0.4) is 0 Å². The average Bonchev–Trinajstić information content (AvgIpc) is 3.18. The summed E-state index contributed by atoms with van der Waals surface area (Å²) in [5.74, 6) is 0.720. The normalized spacial score (nSPS) is 20.4. The Balaban J connectivity index is 1.51. The molecule has 2 aromatic rings. The van der Waals surface area contributed by atoms with E-state index in [2.05, 4.69) is 15.3 Å². The summed E-state index contributed by atoms with van der Waals surface area (Å²) in [6, 6.07) is 0. The van der Waals surface area contributed by atoms with Crippen molar-refractivity contribution in [1.29, 1.82) is 0 Å². The molecule has 1 fully saturated rings. The maximum absolute atomic E-state index is 12.7. The van der Waals surface area contributed by atoms with Crippen molar-refractivity contribution >= 4 is 17.1 Å². The molecule has 1 atom stereocenters. The van der Waals surface area contributed by atoms with Gasteiger partial charge in [0.15, 0.2) is 11.2 Å². The van der Waals surface area contributed by atoms with Gasteiger partial charge in [0.25, 0.3) is 5.56 Å². The molecule has 0 bridgehead atoms. The zero-order valence-electron chi connectivity index (χ0n) is 14.2. The molecule has 2 aromatic heterocycles. The van der Waals surface area contributed by atoms with Gasteiger partial charge in [-0.3, -0.25) is 14.2 Å². The number of aromatic nitrogens is 4. The first-order chi connectivity index (χ1) is 12.2. The smallest absolute Gasteiger partial charge is 0.282 e. The molecule has 2 aliphatic rings. The highest BCUT2D eigenvalue weighted by atomic mass is 16.5. The molecule has 0 aliphatic carbocycles. The molecule has 0 saturated carbocycles. The summed E-state index contributed by atoms with van der Waals surface area (Å²) in [6.45, 7) is 2.05. The monoisotopic (exact) mass is 345 g/mol. The molecule has 1 N–H and O–H groups in total. The molecule has 4 heterocycles. The number of imidazole rings is 1. The quantitative estimate of drug-likeness (QED) is 0.877. The number of carbonyl (C=O) groups excluding carboxylic acids is 1. The third-order valence-electron chi connectivity index (χ3n) is 4.95. The fraction of sp³-hybridized carbons (Fsp3) is 0.647. The van der Waals surface area contributed by atoms with Gasteiger partial charge in [-0.05, 0) is 25.7 Å². The number of aryl methyl sites for hydroxylation is 2. The second kappa shape index (κ2) is 6.95. The summed E-state index contributed by atoms with van der Waals surface area (Å²) in [7, 11) is 0. The minimum atomic E-state index is -0.252. The zero-order chi connectivity index (χ0) is 17.2. The van der Waals surface area contributed by atoms with Gasteiger partial charge >= 0.3 is 0 Å². The van der Waals surface area contributed by atoms with Gasteiger partial charge in [0, 0.05) is 26.1 Å². The van der Waals surface area contributed by atoms with Crippen molar-refractivity contribution in [2.45, 2.75) is 57.7 Å². The Morgan fingerprint density at radius 1 is 1.32 bits per heavy atom. The fourth-order valence-electron chi connectivity index (χ4n) is 3.59. The number of rotatable bonds is 4. The minimum Gasteiger partial charge on any atom is -0.376 e. The molecule has 1 unspecified atom stereocenters. The summed E-state index contributed by atoms with van der Waals surface area (Å²) in [4.78, 5) is 33.7. The van der Waals surface area contributed by atoms with Crippen LogP contribution in [0.25, 0.3) is 11.2 Å². The number of nitrogens with one attached hydrogen (secondary N) is 1. The molecule has 0 spiro atoms. The van der Waals surface area contributed by atoms with Crippen molar-refractivity contribution in [3.05, 3.63) is 22.5 Å². The number of hydrogen-bond donors (Lipinski definition) is 1. The molecule has 1 saturated heterocycles. The van der Waals surface area contributed by atoms with E-state index in [-0.39, 0.29) is 24.1 Å². The molecule has 25 heavy (non-hydrogen) atoms. The molecule has 0 radical (unpaired) electrons. The Morgan fingerprint density at radius 2 is 2.24 bits per heavy atom. The Morgan fingerprint density at radius 3 is 3.08 bits per heavy atom. The number of carbonyl (C=O) groups is 1. The summed E-state index contributed by atoms with van der Waals surface area (Å²) in [5, 5.41) is 2.83. The lowest BCUT2D eigenvalue weighted by atomic mass is 10.2. The zero-order valence-corrected chi connectivity index (χ0v) is 14.2. The van der Waals surface area contributed by atoms with Crippen LogP contribution in [0, 0.1) is 0 Å². The molecule has 8 heteroatoms. The van der Waals surface area contributed by atoms with Crippen molar-refractivity contribution in [1.82, 2.24) is 24.4 Å². The maximum Gasteiger partial charge on any atom is 0.282 e. The topological polar surface area (TPSA) is 91.0 Å². The van der Waals surface area contributed by atoms with Crippen molar-refractivity contribution in [3.63, 3.8) is 0 Å². The van der Waals surface area contributed by atoms with E-state index in [4.69, 9.17) is 4.74 Å². The first-order valence-corrected chi connectivity index (χ1v) is 9.05. The number of fused-ring (bicyclic) bond motifs is 3. The molecule has 1 amide bonds. The lowest BCUT2D eigenvalue weighted by Gasteiger charge is -2.11. The molecule has 0 aromatic carbocycles. The third-order valence-corrected chi connectivity index (χ3v) is 4.95. The van der Waals surface area contributed by atoms with Gasteiger partial charge in [0.1, 0.15) is 18.7 Å². The molecular weight excluding hydrogens is 322 g/mol. The van der Waals surface area contributed by atoms with Crippen LogP contribution in [-0.2, 0) is 29.0 Å². The van der Waals surface area contributed by atoms with Crippen LogP contribution in [0.5, 0.6) is 0 Å². The van der Waals surface area contributed by atoms with E-state index >= 15 is 0 Å². The van der Waals surface area contributed by atoms with Gasteiger partial charge in [-0.25, -0.2) is 9.97 Å². The summed E-state index contributed by atoms with van der Waals surface area (Å²) < 4.78 is 8.86. The van der Waals surface area contributed by atoms with E-state index in [1.165, 1.54) is 17.3 Å². The standard InChI is InChI=1S/C17H23N5O3/c23-14(18-9-12-5-4-8-25-12)10-21-11-19-16-15(17(21)24)20-13-6-2-1-3-7-22(13)16/h11-12H,1-10H2,(H,18,23). The van der Waals surface area contributed by atoms with Crippen molar-refractivity contribution < 1.29 is 9.53 Å². The van der Waals surface area contributed by atoms with E-state index in [0.717, 1.165) is 51.1 Å². The number of amides is 1. The van der Waals surface area contributed by atoms with Crippen molar-refractivity contribution in [2.24, 2.45) is 0 Å². The molecule has 4 rings (SSSR count). The summed E-state index contributed by atoms with van der Waals surface area (Å²) >= 11 is 0. The van der Waals surface area contributed by atoms with Gasteiger partial charge in [-0.15, -0.1) is 0 Å². The third kappa shape index (κ3) is 3.30. The van der Waals surface area contributed by atoms with Crippen LogP contribution in [0.1, 0.15) is 37.9 Å². The van der Waals surface area contributed by atoms with Crippen LogP contribution in [0.15, 0.2) is 11.1 Å². The highest BCUT2D eigenvalue weighted by Gasteiger charge is 2.19.